The Kier molecular flexibility index (Phi) is 93.7. The van der Waals surface area contributed by atoms with E-state index in [1.54, 1.807) is 34.1 Å². The van der Waals surface area contributed by atoms with Gasteiger partial charge in [0.2, 0.25) is 0 Å². The Morgan fingerprint density at radius 2 is 0.882 bits per heavy atom. The molecule has 12 nitrogen and oxygen atoms in total. The van der Waals surface area contributed by atoms with E-state index in [4.69, 9.17) is 9.47 Å². The summed E-state index contributed by atoms with van der Waals surface area (Å²) in [6, 6.07) is 28.5. The Bertz CT molecular complexity index is 1660. The van der Waals surface area contributed by atoms with Gasteiger partial charge in [0.05, 0.1) is 0 Å². The van der Waals surface area contributed by atoms with Crippen LogP contribution in [-0.2, 0) is 16.0 Å². The van der Waals surface area contributed by atoms with E-state index in [0.717, 1.165) is 13.1 Å². The van der Waals surface area contributed by atoms with Crippen LogP contribution in [0.15, 0.2) is 91.0 Å². The van der Waals surface area contributed by atoms with Crippen molar-refractivity contribution in [1.82, 2.24) is 30.7 Å². The van der Waals surface area contributed by atoms with Gasteiger partial charge in [0.1, 0.15) is 11.2 Å². The zero-order valence-corrected chi connectivity index (χ0v) is 102. The summed E-state index contributed by atoms with van der Waals surface area (Å²) in [5, 5.41) is 9.24. The first kappa shape index (κ1) is 107. The predicted octanol–water partition coefficient (Wildman–Crippen LogP) is 5.16. The Morgan fingerprint density at radius 3 is 1.28 bits per heavy atom. The van der Waals surface area contributed by atoms with E-state index in [1.165, 1.54) is 5.56 Å². The van der Waals surface area contributed by atoms with Gasteiger partial charge in [-0.15, -0.1) is 0 Å². The molecule has 2 saturated heterocycles. The summed E-state index contributed by atoms with van der Waals surface area (Å²) in [5.41, 5.74) is 1.44. The van der Waals surface area contributed by atoms with Crippen LogP contribution in [-0.4, -0.2) is 114 Å². The van der Waals surface area contributed by atoms with E-state index in [-0.39, 0.29) is 503 Å². The number of benzene rings is 3. The first-order valence-electron chi connectivity index (χ1n) is 18.3. The molecule has 0 spiro atoms. The number of nitrogens with one attached hydrogen (secondary N) is 3. The fourth-order valence-electron chi connectivity index (χ4n) is 5.87. The van der Waals surface area contributed by atoms with Crippen molar-refractivity contribution in [2.45, 2.75) is 71.4 Å². The molecular formula is C41H56N6O6U15. The molecule has 3 aromatic rings. The van der Waals surface area contributed by atoms with Gasteiger partial charge in [-0.25, -0.2) is 9.59 Å². The second-order valence-corrected chi connectivity index (χ2v) is 15.3. The van der Waals surface area contributed by atoms with Crippen LogP contribution < -0.4 is 16.0 Å². The Morgan fingerprint density at radius 1 is 0.515 bits per heavy atom. The van der Waals surface area contributed by atoms with Crippen molar-refractivity contribution in [2.24, 2.45) is 0 Å². The third kappa shape index (κ3) is 46.2. The number of carbonyl (C=O) groups is 4. The number of piperazine rings is 2. The molecule has 0 aliphatic carbocycles. The van der Waals surface area contributed by atoms with Gasteiger partial charge in [0.25, 0.3) is 11.8 Å². The molecule has 0 aromatic heterocycles. The first-order valence-corrected chi connectivity index (χ1v) is 18.3. The average Bonchev–Trinajstić information content (AvgIpc) is 3.13. The summed E-state index contributed by atoms with van der Waals surface area (Å²) in [5.74, 6) is -0.216. The van der Waals surface area contributed by atoms with Crippen LogP contribution in [0.25, 0.3) is 0 Å². The number of hydrogen-bond donors (Lipinski definition) is 3. The van der Waals surface area contributed by atoms with Crippen LogP contribution in [0.3, 0.4) is 0 Å². The maximum absolute atomic E-state index is 12.6. The van der Waals surface area contributed by atoms with Gasteiger partial charge in [0.15, 0.2) is 0 Å². The second kappa shape index (κ2) is 59.6. The number of rotatable bonds is 8. The predicted molar refractivity (Wildman–Crippen MR) is 206 cm³/mol. The first-order chi connectivity index (χ1) is 25.2. The van der Waals surface area contributed by atoms with E-state index in [0.29, 0.717) is 56.9 Å². The van der Waals surface area contributed by atoms with Gasteiger partial charge in [-0.05, 0) is 71.4 Å². The van der Waals surface area contributed by atoms with Crippen LogP contribution in [0.1, 0.15) is 67.8 Å². The molecule has 5 rings (SSSR count). The zero-order valence-electron chi connectivity index (χ0n) is 39.5. The Balaban J connectivity index is -0.0000000770. The third-order valence-electron chi connectivity index (χ3n) is 8.47. The van der Waals surface area contributed by atoms with Crippen molar-refractivity contribution in [3.8, 4) is 0 Å². The molecule has 346 valence electrons. The molecule has 0 radical (unpaired) electrons. The van der Waals surface area contributed by atoms with Gasteiger partial charge < -0.3 is 35.2 Å². The molecular weight excluding hydrogens is 4240 g/mol. The molecule has 27 heteroatoms. The monoisotopic (exact) mass is 4300 g/mol. The summed E-state index contributed by atoms with van der Waals surface area (Å²) < 4.78 is 10.9. The van der Waals surface area contributed by atoms with E-state index >= 15 is 0 Å². The second-order valence-electron chi connectivity index (χ2n) is 15.3. The van der Waals surface area contributed by atoms with Crippen LogP contribution in [0.5, 0.6) is 0 Å². The number of ether oxygens (including phenoxy) is 2. The maximum Gasteiger partial charge on any atom is 0.410 e. The molecule has 3 aromatic carbocycles. The van der Waals surface area contributed by atoms with Gasteiger partial charge >= 0.3 is 12.2 Å². The van der Waals surface area contributed by atoms with Crippen LogP contribution in [0, 0.1) is 467 Å². The standard InChI is InChI=1S/C24H31N3O3.C17H25N3O3.15U/c1-24(2,3)30-23(29)27-15-14-26(17-19-10-6-4-7-11-19)21(18-27)16-25-22(28)20-12-8-5-9-13-20;1-17(2,3)23-16(22)20-10-9-18-14(12-20)11-19-15(21)13-7-5-4-6-8-13;;;;;;;;;;;;;;;/h4-13,21H,14-18H2,1-3H3,(H,25,28);4-8,14,18H,9-12H2,1-3H3,(H,19,21);;;;;;;;;;;;;;;/t21-;14-;;;;;;;;;;;;;;;/m11.............../s1. The SMILES string of the molecule is CC(C)(C)OC(=O)N1CCN(Cc2ccccc2)[C@H](CNC(=O)c2ccccc2)C1.CC(C)(C)OC(=O)N1CCN[C@H](CNC(=O)c2ccccc2)C1.[U].[U].[U].[U].[U].[U].[U].[U].[U].[U].[U].[U].[U].[U].[U]. The minimum Gasteiger partial charge on any atom is -0.444 e. The number of amides is 4. The summed E-state index contributed by atoms with van der Waals surface area (Å²) in [4.78, 5) is 55.0. The zero-order chi connectivity index (χ0) is 38.4. The fraction of sp³-hybridized carbons (Fsp3) is 0.463. The molecule has 0 saturated carbocycles. The van der Waals surface area contributed by atoms with Gasteiger partial charge in [0, 0.05) is 549 Å². The molecule has 3 N–H and O–H groups in total. The van der Waals surface area contributed by atoms with Crippen molar-refractivity contribution in [3.05, 3.63) is 108 Å². The summed E-state index contributed by atoms with van der Waals surface area (Å²) in [7, 11) is 0. The molecule has 2 aliphatic heterocycles. The molecule has 68 heavy (non-hydrogen) atoms. The minimum atomic E-state index is -0.532. The van der Waals surface area contributed by atoms with Crippen molar-refractivity contribution >= 4 is 24.0 Å². The minimum absolute atomic E-state index is 0. The van der Waals surface area contributed by atoms with Crippen molar-refractivity contribution in [2.75, 3.05) is 52.4 Å². The average molecular weight is 4300 g/mol. The Labute approximate surface area is 762 Å². The molecule has 2 atom stereocenters. The topological polar surface area (TPSA) is 133 Å². The van der Waals surface area contributed by atoms with E-state index < -0.39 is 11.2 Å². The van der Waals surface area contributed by atoms with Gasteiger partial charge in [-0.3, -0.25) is 14.5 Å². The smallest absolute Gasteiger partial charge is 0.410 e. The third-order valence-corrected chi connectivity index (χ3v) is 8.47. The quantitative estimate of drug-likeness (QED) is 0.282. The molecule has 0 unspecified atom stereocenters. The summed E-state index contributed by atoms with van der Waals surface area (Å²) >= 11 is 0. The van der Waals surface area contributed by atoms with Gasteiger partial charge in [-0.1, -0.05) is 66.7 Å². The van der Waals surface area contributed by atoms with Crippen molar-refractivity contribution in [3.63, 3.8) is 0 Å². The number of hydrogen-bond acceptors (Lipinski definition) is 8. The summed E-state index contributed by atoms with van der Waals surface area (Å²) in [6.45, 7) is 16.5. The van der Waals surface area contributed by atoms with E-state index in [2.05, 4.69) is 33.0 Å². The number of nitrogens with zero attached hydrogens (tertiary/aromatic N) is 3. The van der Waals surface area contributed by atoms with E-state index in [9.17, 15) is 19.2 Å². The molecule has 2 fully saturated rings. The Hall–Kier alpha value is 10.8. The van der Waals surface area contributed by atoms with E-state index in [1.807, 2.05) is 96.1 Å². The van der Waals surface area contributed by atoms with Crippen LogP contribution in [0.2, 0.25) is 0 Å². The molecule has 0 bridgehead atoms. The summed E-state index contributed by atoms with van der Waals surface area (Å²) in [6.07, 6.45) is -0.611. The van der Waals surface area contributed by atoms with Crippen molar-refractivity contribution < 1.29 is 495 Å². The van der Waals surface area contributed by atoms with Gasteiger partial charge in [-0.2, -0.15) is 0 Å². The van der Waals surface area contributed by atoms with Crippen molar-refractivity contribution in [1.29, 1.82) is 0 Å². The normalized spacial score (nSPS) is 13.9. The largest absolute Gasteiger partial charge is 0.444 e. The number of carbonyl (C=O) groups excluding carboxylic acids is 4. The maximum atomic E-state index is 12.6. The molecule has 4 amide bonds. The molecule has 2 heterocycles. The van der Waals surface area contributed by atoms with Crippen LogP contribution >= 0.6 is 0 Å². The molecule has 2 aliphatic rings. The van der Waals surface area contributed by atoms with Crippen LogP contribution in [0.4, 0.5) is 9.59 Å². The fourth-order valence-corrected chi connectivity index (χ4v) is 5.87.